The lowest BCUT2D eigenvalue weighted by Gasteiger charge is -2.34. The molecule has 6 heteroatoms. The van der Waals surface area contributed by atoms with Crippen molar-refractivity contribution in [2.45, 2.75) is 37.8 Å². The van der Waals surface area contributed by atoms with Crippen LogP contribution in [0.15, 0.2) is 36.5 Å². The summed E-state index contributed by atoms with van der Waals surface area (Å²) in [7, 11) is 3.93. The van der Waals surface area contributed by atoms with E-state index in [1.54, 1.807) is 0 Å². The first-order valence-electron chi connectivity index (χ1n) is 8.70. The second-order valence-corrected chi connectivity index (χ2v) is 6.91. The van der Waals surface area contributed by atoms with Gasteiger partial charge in [0.25, 0.3) is 0 Å². The van der Waals surface area contributed by atoms with Crippen molar-refractivity contribution in [3.8, 4) is 0 Å². The van der Waals surface area contributed by atoms with Crippen LogP contribution in [0.4, 0.5) is 10.5 Å². The minimum absolute atomic E-state index is 0.0188. The molecule has 1 aromatic carbocycles. The zero-order valence-electron chi connectivity index (χ0n) is 14.7. The predicted octanol–water partition coefficient (Wildman–Crippen LogP) is 2.72. The lowest BCUT2D eigenvalue weighted by atomic mass is 9.89. The summed E-state index contributed by atoms with van der Waals surface area (Å²) < 4.78 is 5.67. The van der Waals surface area contributed by atoms with E-state index in [0.717, 1.165) is 36.9 Å². The van der Waals surface area contributed by atoms with E-state index in [4.69, 9.17) is 4.74 Å². The molecule has 0 radical (unpaired) electrons. The number of carbonyl (C=O) groups excluding carboxylic acids is 2. The fourth-order valence-corrected chi connectivity index (χ4v) is 3.46. The van der Waals surface area contributed by atoms with Gasteiger partial charge in [-0.15, -0.1) is 0 Å². The fourth-order valence-electron chi connectivity index (χ4n) is 3.46. The molecule has 0 spiro atoms. The SMILES string of the molecule is C=C1NC(=O)NC(c2ccc(N(C)C)cc2)C1C(=O)OC1CCCC1. The van der Waals surface area contributed by atoms with Crippen molar-refractivity contribution in [1.82, 2.24) is 10.6 Å². The Hall–Kier alpha value is -2.50. The van der Waals surface area contributed by atoms with Crippen LogP contribution in [0.2, 0.25) is 0 Å². The lowest BCUT2D eigenvalue weighted by Crippen LogP contribution is -2.51. The van der Waals surface area contributed by atoms with Crippen LogP contribution >= 0.6 is 0 Å². The Bertz CT molecular complexity index is 663. The first kappa shape index (κ1) is 17.3. The van der Waals surface area contributed by atoms with Gasteiger partial charge in [-0.25, -0.2) is 4.79 Å². The summed E-state index contributed by atoms with van der Waals surface area (Å²) in [6.45, 7) is 3.88. The van der Waals surface area contributed by atoms with Gasteiger partial charge in [-0.1, -0.05) is 18.7 Å². The molecule has 3 rings (SSSR count). The molecule has 1 saturated heterocycles. The molecular weight excluding hydrogens is 318 g/mol. The summed E-state index contributed by atoms with van der Waals surface area (Å²) in [5, 5.41) is 5.45. The van der Waals surface area contributed by atoms with E-state index in [0.29, 0.717) is 5.70 Å². The number of ether oxygens (including phenoxy) is 1. The minimum Gasteiger partial charge on any atom is -0.462 e. The number of urea groups is 1. The number of hydrogen-bond acceptors (Lipinski definition) is 4. The molecule has 2 unspecified atom stereocenters. The standard InChI is InChI=1S/C19H25N3O3/c1-12-16(18(23)25-15-6-4-5-7-15)17(21-19(24)20-12)13-8-10-14(11-9-13)22(2)3/h8-11,15-17H,1,4-7H2,2-3H3,(H2,20,21,24). The number of hydrogen-bond donors (Lipinski definition) is 2. The van der Waals surface area contributed by atoms with Crippen LogP contribution in [0.1, 0.15) is 37.3 Å². The summed E-state index contributed by atoms with van der Waals surface area (Å²) in [5.74, 6) is -0.963. The molecule has 1 aliphatic heterocycles. The van der Waals surface area contributed by atoms with Gasteiger partial charge in [-0.05, 0) is 43.4 Å². The van der Waals surface area contributed by atoms with Gasteiger partial charge in [0.1, 0.15) is 12.0 Å². The molecule has 134 valence electrons. The number of anilines is 1. The first-order chi connectivity index (χ1) is 12.0. The van der Waals surface area contributed by atoms with Crippen LogP contribution in [-0.4, -0.2) is 32.2 Å². The highest BCUT2D eigenvalue weighted by atomic mass is 16.5. The largest absolute Gasteiger partial charge is 0.462 e. The van der Waals surface area contributed by atoms with Crippen molar-refractivity contribution in [3.63, 3.8) is 0 Å². The quantitative estimate of drug-likeness (QED) is 0.825. The molecule has 0 aromatic heterocycles. The molecule has 1 aliphatic carbocycles. The molecule has 2 amide bonds. The molecule has 2 atom stereocenters. The van der Waals surface area contributed by atoms with E-state index in [9.17, 15) is 9.59 Å². The topological polar surface area (TPSA) is 70.7 Å². The number of carbonyl (C=O) groups is 2. The molecule has 1 saturated carbocycles. The van der Waals surface area contributed by atoms with Gasteiger partial charge < -0.3 is 20.3 Å². The molecule has 6 nitrogen and oxygen atoms in total. The Morgan fingerprint density at radius 2 is 1.84 bits per heavy atom. The summed E-state index contributed by atoms with van der Waals surface area (Å²) in [5.41, 5.74) is 2.29. The van der Waals surface area contributed by atoms with E-state index in [1.807, 2.05) is 43.3 Å². The van der Waals surface area contributed by atoms with Crippen molar-refractivity contribution in [1.29, 1.82) is 0 Å². The number of esters is 1. The van der Waals surface area contributed by atoms with E-state index < -0.39 is 12.0 Å². The summed E-state index contributed by atoms with van der Waals surface area (Å²) >= 11 is 0. The number of nitrogens with zero attached hydrogens (tertiary/aromatic N) is 1. The summed E-state index contributed by atoms with van der Waals surface area (Å²) in [6, 6.07) is 6.95. The molecule has 0 bridgehead atoms. The Morgan fingerprint density at radius 1 is 1.20 bits per heavy atom. The van der Waals surface area contributed by atoms with Gasteiger partial charge >= 0.3 is 12.0 Å². The zero-order chi connectivity index (χ0) is 18.0. The Kier molecular flexibility index (Phi) is 4.97. The number of rotatable bonds is 4. The third kappa shape index (κ3) is 3.78. The van der Waals surface area contributed by atoms with E-state index in [-0.39, 0.29) is 18.1 Å². The third-order valence-corrected chi connectivity index (χ3v) is 4.88. The van der Waals surface area contributed by atoms with Crippen LogP contribution in [0.25, 0.3) is 0 Å². The van der Waals surface area contributed by atoms with Gasteiger partial charge in [0.05, 0.1) is 6.04 Å². The predicted molar refractivity (Wildman–Crippen MR) is 96.2 cm³/mol. The first-order valence-corrected chi connectivity index (χ1v) is 8.70. The molecule has 2 N–H and O–H groups in total. The van der Waals surface area contributed by atoms with E-state index >= 15 is 0 Å². The van der Waals surface area contributed by atoms with Crippen LogP contribution < -0.4 is 15.5 Å². The van der Waals surface area contributed by atoms with Crippen LogP contribution in [0, 0.1) is 5.92 Å². The van der Waals surface area contributed by atoms with Crippen molar-refractivity contribution in [2.75, 3.05) is 19.0 Å². The number of nitrogens with one attached hydrogen (secondary N) is 2. The number of amides is 2. The minimum atomic E-state index is -0.636. The van der Waals surface area contributed by atoms with E-state index in [1.165, 1.54) is 0 Å². The maximum absolute atomic E-state index is 12.7. The average molecular weight is 343 g/mol. The van der Waals surface area contributed by atoms with Crippen molar-refractivity contribution in [2.24, 2.45) is 5.92 Å². The zero-order valence-corrected chi connectivity index (χ0v) is 14.7. The van der Waals surface area contributed by atoms with Gasteiger partial charge in [-0.2, -0.15) is 0 Å². The Labute approximate surface area is 148 Å². The van der Waals surface area contributed by atoms with Crippen LogP contribution in [0.5, 0.6) is 0 Å². The maximum atomic E-state index is 12.7. The molecule has 1 aromatic rings. The Morgan fingerprint density at radius 3 is 2.44 bits per heavy atom. The highest BCUT2D eigenvalue weighted by molar-refractivity contribution is 5.85. The summed E-state index contributed by atoms with van der Waals surface area (Å²) in [6.07, 6.45) is 3.98. The van der Waals surface area contributed by atoms with Crippen LogP contribution in [-0.2, 0) is 9.53 Å². The molecule has 25 heavy (non-hydrogen) atoms. The lowest BCUT2D eigenvalue weighted by molar-refractivity contribution is -0.153. The van der Waals surface area contributed by atoms with Crippen molar-refractivity contribution in [3.05, 3.63) is 42.1 Å². The maximum Gasteiger partial charge on any atom is 0.319 e. The second-order valence-electron chi connectivity index (χ2n) is 6.91. The average Bonchev–Trinajstić information content (AvgIpc) is 3.07. The monoisotopic (exact) mass is 343 g/mol. The smallest absolute Gasteiger partial charge is 0.319 e. The fraction of sp³-hybridized carbons (Fsp3) is 0.474. The number of benzene rings is 1. The van der Waals surface area contributed by atoms with Crippen molar-refractivity contribution >= 4 is 17.7 Å². The van der Waals surface area contributed by atoms with Gasteiger partial charge in [0.2, 0.25) is 0 Å². The van der Waals surface area contributed by atoms with Gasteiger partial charge in [0, 0.05) is 25.5 Å². The van der Waals surface area contributed by atoms with Crippen molar-refractivity contribution < 1.29 is 14.3 Å². The second kappa shape index (κ2) is 7.17. The molecule has 1 heterocycles. The normalized spacial score (nSPS) is 23.8. The van der Waals surface area contributed by atoms with Gasteiger partial charge in [-0.3, -0.25) is 4.79 Å². The van der Waals surface area contributed by atoms with E-state index in [2.05, 4.69) is 17.2 Å². The van der Waals surface area contributed by atoms with Gasteiger partial charge in [0.15, 0.2) is 0 Å². The van der Waals surface area contributed by atoms with Crippen LogP contribution in [0.3, 0.4) is 0 Å². The molecule has 2 fully saturated rings. The highest BCUT2D eigenvalue weighted by Gasteiger charge is 2.40. The molecule has 2 aliphatic rings. The Balaban J connectivity index is 1.82. The third-order valence-electron chi connectivity index (χ3n) is 4.88. The highest BCUT2D eigenvalue weighted by Crippen LogP contribution is 2.33. The molecular formula is C19H25N3O3. The summed E-state index contributed by atoms with van der Waals surface area (Å²) in [4.78, 5) is 26.6.